The molecule has 0 unspecified atom stereocenters. The van der Waals surface area contributed by atoms with Gasteiger partial charge in [-0.15, -0.1) is 0 Å². The van der Waals surface area contributed by atoms with Crippen molar-refractivity contribution in [1.82, 2.24) is 9.80 Å². The van der Waals surface area contributed by atoms with Gasteiger partial charge in [-0.25, -0.2) is 4.99 Å². The fraction of sp³-hybridized carbons (Fsp3) is 0.625. The molecule has 0 aromatic heterocycles. The van der Waals surface area contributed by atoms with Gasteiger partial charge in [0.05, 0.1) is 12.0 Å². The van der Waals surface area contributed by atoms with Gasteiger partial charge in [0.2, 0.25) is 0 Å². The fourth-order valence-electron chi connectivity index (χ4n) is 0.980. The number of hydrogen-bond donors (Lipinski definition) is 0. The van der Waals surface area contributed by atoms with E-state index in [0.29, 0.717) is 0 Å². The Morgan fingerprint density at radius 3 is 2.64 bits per heavy atom. The summed E-state index contributed by atoms with van der Waals surface area (Å²) in [6.45, 7) is 4.09. The van der Waals surface area contributed by atoms with E-state index in [1.165, 1.54) is 0 Å². The molecule has 0 N–H and O–H groups in total. The van der Waals surface area contributed by atoms with Gasteiger partial charge in [-0.1, -0.05) is 0 Å². The summed E-state index contributed by atoms with van der Waals surface area (Å²) in [6.07, 6.45) is 3.93. The highest BCUT2D eigenvalue weighted by Crippen LogP contribution is 1.99. The Labute approximate surface area is 68.0 Å². The monoisotopic (exact) mass is 153 g/mol. The van der Waals surface area contributed by atoms with Gasteiger partial charge in [0.25, 0.3) is 0 Å². The van der Waals surface area contributed by atoms with E-state index in [1.807, 2.05) is 20.3 Å². The molecule has 1 aliphatic rings. The molecular weight excluding hydrogens is 138 g/mol. The van der Waals surface area contributed by atoms with E-state index < -0.39 is 0 Å². The second-order valence-electron chi connectivity index (χ2n) is 2.98. The van der Waals surface area contributed by atoms with Crippen molar-refractivity contribution in [3.8, 4) is 0 Å². The highest BCUT2D eigenvalue weighted by molar-refractivity contribution is 5.56. The third-order valence-electron chi connectivity index (χ3n) is 1.67. The number of likely N-dealkylation sites (N-methyl/N-ethyl adjacent to an activating group) is 2. The summed E-state index contributed by atoms with van der Waals surface area (Å²) in [6, 6.07) is 0. The quantitative estimate of drug-likeness (QED) is 0.511. The molecule has 0 bridgehead atoms. The number of nitrogens with zero attached hydrogens (tertiary/aromatic N) is 3. The maximum Gasteiger partial charge on any atom is 0.0906 e. The predicted octanol–water partition coefficient (Wildman–Crippen LogP) is 0.753. The minimum Gasteiger partial charge on any atom is -0.377 e. The smallest absolute Gasteiger partial charge is 0.0906 e. The SMILES string of the molecule is CC1=CN(C)CCN(C)C=N1. The van der Waals surface area contributed by atoms with Gasteiger partial charge in [-0.3, -0.25) is 0 Å². The molecule has 0 amide bonds. The lowest BCUT2D eigenvalue weighted by atomic mass is 10.4. The summed E-state index contributed by atoms with van der Waals surface area (Å²) >= 11 is 0. The Morgan fingerprint density at radius 2 is 1.91 bits per heavy atom. The van der Waals surface area contributed by atoms with Crippen LogP contribution in [0.4, 0.5) is 0 Å². The van der Waals surface area contributed by atoms with Crippen molar-refractivity contribution in [1.29, 1.82) is 0 Å². The molecule has 1 heterocycles. The minimum absolute atomic E-state index is 1.03. The van der Waals surface area contributed by atoms with Gasteiger partial charge in [0.15, 0.2) is 0 Å². The Morgan fingerprint density at radius 1 is 1.27 bits per heavy atom. The van der Waals surface area contributed by atoms with Gasteiger partial charge in [-0.2, -0.15) is 0 Å². The van der Waals surface area contributed by atoms with Gasteiger partial charge in [0.1, 0.15) is 0 Å². The molecule has 0 saturated heterocycles. The zero-order valence-corrected chi connectivity index (χ0v) is 7.41. The topological polar surface area (TPSA) is 18.8 Å². The molecular formula is C8H15N3. The number of aliphatic imine (C=N–C) groups is 1. The molecule has 0 aromatic rings. The first-order chi connectivity index (χ1) is 5.18. The zero-order chi connectivity index (χ0) is 8.27. The van der Waals surface area contributed by atoms with Crippen LogP contribution in [0.3, 0.4) is 0 Å². The van der Waals surface area contributed by atoms with E-state index in [4.69, 9.17) is 0 Å². The van der Waals surface area contributed by atoms with Gasteiger partial charge in [0, 0.05) is 33.4 Å². The van der Waals surface area contributed by atoms with Gasteiger partial charge >= 0.3 is 0 Å². The van der Waals surface area contributed by atoms with Crippen LogP contribution in [-0.2, 0) is 0 Å². The molecule has 11 heavy (non-hydrogen) atoms. The van der Waals surface area contributed by atoms with E-state index in [1.54, 1.807) is 0 Å². The lowest BCUT2D eigenvalue weighted by Crippen LogP contribution is -2.28. The van der Waals surface area contributed by atoms with Crippen LogP contribution in [0.25, 0.3) is 0 Å². The molecule has 0 aliphatic carbocycles. The van der Waals surface area contributed by atoms with E-state index in [2.05, 4.69) is 28.0 Å². The standard InChI is InChI=1S/C8H15N3/c1-8-6-10(2)4-5-11(3)7-9-8/h6-7H,4-5H2,1-3H3. The highest BCUT2D eigenvalue weighted by atomic mass is 15.2. The molecule has 1 aliphatic heterocycles. The molecule has 1 rings (SSSR count). The van der Waals surface area contributed by atoms with Crippen LogP contribution in [0, 0.1) is 0 Å². The Balaban J connectivity index is 2.67. The van der Waals surface area contributed by atoms with E-state index in [9.17, 15) is 0 Å². The van der Waals surface area contributed by atoms with E-state index in [-0.39, 0.29) is 0 Å². The Hall–Kier alpha value is -0.990. The Kier molecular flexibility index (Phi) is 2.52. The van der Waals surface area contributed by atoms with Crippen LogP contribution in [0.15, 0.2) is 16.9 Å². The summed E-state index contributed by atoms with van der Waals surface area (Å²) in [5.41, 5.74) is 1.05. The third-order valence-corrected chi connectivity index (χ3v) is 1.67. The molecule has 0 fully saturated rings. The average molecular weight is 153 g/mol. The highest BCUT2D eigenvalue weighted by Gasteiger charge is 1.99. The summed E-state index contributed by atoms with van der Waals surface area (Å²) in [5, 5.41) is 0. The van der Waals surface area contributed by atoms with Crippen LogP contribution < -0.4 is 0 Å². The fourth-order valence-corrected chi connectivity index (χ4v) is 0.980. The molecule has 0 aromatic carbocycles. The zero-order valence-electron chi connectivity index (χ0n) is 7.41. The molecule has 0 saturated carbocycles. The van der Waals surface area contributed by atoms with Crippen molar-refractivity contribution in [2.45, 2.75) is 6.92 Å². The van der Waals surface area contributed by atoms with Crippen LogP contribution in [-0.4, -0.2) is 43.3 Å². The summed E-state index contributed by atoms with van der Waals surface area (Å²) in [4.78, 5) is 8.48. The van der Waals surface area contributed by atoms with Crippen molar-refractivity contribution >= 4 is 6.34 Å². The summed E-state index contributed by atoms with van der Waals surface area (Å²) < 4.78 is 0. The van der Waals surface area contributed by atoms with Crippen LogP contribution in [0.1, 0.15) is 6.92 Å². The molecule has 62 valence electrons. The largest absolute Gasteiger partial charge is 0.377 e. The van der Waals surface area contributed by atoms with Crippen LogP contribution in [0.5, 0.6) is 0 Å². The molecule has 0 radical (unpaired) electrons. The van der Waals surface area contributed by atoms with Crippen molar-refractivity contribution in [2.24, 2.45) is 4.99 Å². The summed E-state index contributed by atoms with van der Waals surface area (Å²) in [5.74, 6) is 0. The van der Waals surface area contributed by atoms with Gasteiger partial charge < -0.3 is 9.80 Å². The first kappa shape index (κ1) is 8.11. The summed E-state index contributed by atoms with van der Waals surface area (Å²) in [7, 11) is 4.11. The lowest BCUT2D eigenvalue weighted by molar-refractivity contribution is 0.384. The molecule has 0 spiro atoms. The average Bonchev–Trinajstić information content (AvgIpc) is 1.95. The van der Waals surface area contributed by atoms with Gasteiger partial charge in [-0.05, 0) is 6.92 Å². The van der Waals surface area contributed by atoms with Crippen LogP contribution in [0.2, 0.25) is 0 Å². The number of rotatable bonds is 0. The van der Waals surface area contributed by atoms with Crippen molar-refractivity contribution < 1.29 is 0 Å². The predicted molar refractivity (Wildman–Crippen MR) is 47.5 cm³/mol. The number of hydrogen-bond acceptors (Lipinski definition) is 3. The maximum atomic E-state index is 4.24. The van der Waals surface area contributed by atoms with Crippen molar-refractivity contribution in [2.75, 3.05) is 27.2 Å². The first-order valence-corrected chi connectivity index (χ1v) is 3.81. The first-order valence-electron chi connectivity index (χ1n) is 3.81. The third kappa shape index (κ3) is 2.62. The van der Waals surface area contributed by atoms with E-state index in [0.717, 1.165) is 18.8 Å². The minimum atomic E-state index is 1.03. The second-order valence-corrected chi connectivity index (χ2v) is 2.98. The van der Waals surface area contributed by atoms with Crippen molar-refractivity contribution in [3.05, 3.63) is 11.9 Å². The maximum absolute atomic E-state index is 4.24. The van der Waals surface area contributed by atoms with Crippen LogP contribution >= 0.6 is 0 Å². The second kappa shape index (κ2) is 3.42. The molecule has 0 atom stereocenters. The van der Waals surface area contributed by atoms with Crippen molar-refractivity contribution in [3.63, 3.8) is 0 Å². The normalized spacial score (nSPS) is 19.4. The molecule has 3 heteroatoms. The molecule has 3 nitrogen and oxygen atoms in total. The van der Waals surface area contributed by atoms with E-state index >= 15 is 0 Å². The lowest BCUT2D eigenvalue weighted by Gasteiger charge is -2.21. The Bertz CT molecular complexity index is 184. The number of allylic oxidation sites excluding steroid dienone is 1.